The average Bonchev–Trinajstić information content (AvgIpc) is 2.27. The lowest BCUT2D eigenvalue weighted by Crippen LogP contribution is -2.32. The van der Waals surface area contributed by atoms with Gasteiger partial charge in [-0.2, -0.15) is 0 Å². The summed E-state index contributed by atoms with van der Waals surface area (Å²) in [5, 5.41) is 10.00. The van der Waals surface area contributed by atoms with E-state index in [0.29, 0.717) is 12.5 Å². The third kappa shape index (κ3) is 4.49. The molecule has 0 bridgehead atoms. The van der Waals surface area contributed by atoms with Crippen LogP contribution in [0.4, 0.5) is 0 Å². The van der Waals surface area contributed by atoms with Gasteiger partial charge >= 0.3 is 0 Å². The van der Waals surface area contributed by atoms with Crippen molar-refractivity contribution in [1.29, 1.82) is 0 Å². The largest absolute Gasteiger partial charge is 0.393 e. The standard InChI is InChI=1S/C12H24O3/c1-12(2,14-3)7-6-11(13)10-5-4-8-15-9-10/h10-11,13H,4-9H2,1-3H3. The number of aliphatic hydroxyl groups excluding tert-OH is 1. The zero-order chi connectivity index (χ0) is 11.3. The second-order valence-electron chi connectivity index (χ2n) is 5.05. The molecule has 0 spiro atoms. The van der Waals surface area contributed by atoms with Crippen LogP contribution >= 0.6 is 0 Å². The van der Waals surface area contributed by atoms with Crippen LogP contribution in [0, 0.1) is 5.92 Å². The predicted octanol–water partition coefficient (Wildman–Crippen LogP) is 1.98. The molecule has 1 N–H and O–H groups in total. The second-order valence-corrected chi connectivity index (χ2v) is 5.05. The molecule has 15 heavy (non-hydrogen) atoms. The Bertz CT molecular complexity index is 174. The summed E-state index contributed by atoms with van der Waals surface area (Å²) in [6.45, 7) is 5.68. The Morgan fingerprint density at radius 1 is 1.53 bits per heavy atom. The molecule has 2 unspecified atom stereocenters. The van der Waals surface area contributed by atoms with Crippen LogP contribution in [0.1, 0.15) is 39.5 Å². The SMILES string of the molecule is COC(C)(C)CCC(O)C1CCCOC1. The Kier molecular flexibility index (Phi) is 5.03. The van der Waals surface area contributed by atoms with Crippen molar-refractivity contribution < 1.29 is 14.6 Å². The molecular formula is C12H24O3. The third-order valence-corrected chi connectivity index (χ3v) is 3.33. The number of rotatable bonds is 5. The Morgan fingerprint density at radius 3 is 2.80 bits per heavy atom. The molecule has 1 aliphatic rings. The zero-order valence-corrected chi connectivity index (χ0v) is 10.2. The molecule has 3 heteroatoms. The van der Waals surface area contributed by atoms with E-state index < -0.39 is 0 Å². The fourth-order valence-electron chi connectivity index (χ4n) is 1.90. The first kappa shape index (κ1) is 12.9. The van der Waals surface area contributed by atoms with Crippen molar-refractivity contribution in [2.75, 3.05) is 20.3 Å². The number of methoxy groups -OCH3 is 1. The van der Waals surface area contributed by atoms with Crippen molar-refractivity contribution in [1.82, 2.24) is 0 Å². The van der Waals surface area contributed by atoms with Gasteiger partial charge in [0, 0.05) is 19.6 Å². The van der Waals surface area contributed by atoms with E-state index in [4.69, 9.17) is 9.47 Å². The molecule has 1 fully saturated rings. The van der Waals surface area contributed by atoms with Crippen molar-refractivity contribution in [2.45, 2.75) is 51.2 Å². The fraction of sp³-hybridized carbons (Fsp3) is 1.00. The van der Waals surface area contributed by atoms with Gasteiger partial charge in [-0.1, -0.05) is 0 Å². The van der Waals surface area contributed by atoms with E-state index in [1.807, 2.05) is 0 Å². The van der Waals surface area contributed by atoms with Crippen LogP contribution in [0.5, 0.6) is 0 Å². The Morgan fingerprint density at radius 2 is 2.27 bits per heavy atom. The fourth-order valence-corrected chi connectivity index (χ4v) is 1.90. The van der Waals surface area contributed by atoms with Crippen molar-refractivity contribution >= 4 is 0 Å². The van der Waals surface area contributed by atoms with Gasteiger partial charge in [-0.05, 0) is 39.5 Å². The van der Waals surface area contributed by atoms with Crippen LogP contribution in [0.3, 0.4) is 0 Å². The Balaban J connectivity index is 2.25. The van der Waals surface area contributed by atoms with Crippen LogP contribution < -0.4 is 0 Å². The topological polar surface area (TPSA) is 38.7 Å². The molecule has 3 nitrogen and oxygen atoms in total. The molecule has 2 atom stereocenters. The normalized spacial score (nSPS) is 25.2. The summed E-state index contributed by atoms with van der Waals surface area (Å²) in [6.07, 6.45) is 3.62. The van der Waals surface area contributed by atoms with E-state index in [-0.39, 0.29) is 11.7 Å². The molecule has 1 aliphatic heterocycles. The lowest BCUT2D eigenvalue weighted by atomic mass is 9.90. The molecule has 0 aromatic heterocycles. The first-order valence-corrected chi connectivity index (χ1v) is 5.86. The van der Waals surface area contributed by atoms with E-state index in [1.54, 1.807) is 7.11 Å². The van der Waals surface area contributed by atoms with Crippen LogP contribution in [-0.2, 0) is 9.47 Å². The van der Waals surface area contributed by atoms with Gasteiger partial charge in [0.05, 0.1) is 18.3 Å². The molecule has 0 aliphatic carbocycles. The number of ether oxygens (including phenoxy) is 2. The Hall–Kier alpha value is -0.120. The minimum Gasteiger partial charge on any atom is -0.393 e. The molecule has 1 saturated heterocycles. The van der Waals surface area contributed by atoms with Crippen LogP contribution in [-0.4, -0.2) is 37.1 Å². The first-order chi connectivity index (χ1) is 7.05. The first-order valence-electron chi connectivity index (χ1n) is 5.86. The molecule has 0 amide bonds. The van der Waals surface area contributed by atoms with Gasteiger partial charge < -0.3 is 14.6 Å². The van der Waals surface area contributed by atoms with E-state index in [2.05, 4.69) is 13.8 Å². The van der Waals surface area contributed by atoms with E-state index in [1.165, 1.54) is 0 Å². The summed E-state index contributed by atoms with van der Waals surface area (Å²) in [6, 6.07) is 0. The van der Waals surface area contributed by atoms with E-state index in [9.17, 15) is 5.11 Å². The summed E-state index contributed by atoms with van der Waals surface area (Å²) in [5.41, 5.74) is -0.128. The maximum absolute atomic E-state index is 10.00. The molecule has 0 radical (unpaired) electrons. The van der Waals surface area contributed by atoms with Gasteiger partial charge in [-0.3, -0.25) is 0 Å². The van der Waals surface area contributed by atoms with Crippen LogP contribution in [0.25, 0.3) is 0 Å². The minimum absolute atomic E-state index is 0.128. The quantitative estimate of drug-likeness (QED) is 0.763. The summed E-state index contributed by atoms with van der Waals surface area (Å²) in [5.74, 6) is 0.325. The highest BCUT2D eigenvalue weighted by atomic mass is 16.5. The zero-order valence-electron chi connectivity index (χ0n) is 10.2. The lowest BCUT2D eigenvalue weighted by molar-refractivity contribution is -0.0330. The minimum atomic E-state index is -0.236. The van der Waals surface area contributed by atoms with Crippen LogP contribution in [0.2, 0.25) is 0 Å². The van der Waals surface area contributed by atoms with Gasteiger partial charge in [-0.15, -0.1) is 0 Å². The molecule has 0 saturated carbocycles. The summed E-state index contributed by atoms with van der Waals surface area (Å²) in [7, 11) is 1.72. The van der Waals surface area contributed by atoms with E-state index in [0.717, 1.165) is 32.3 Å². The molecular weight excluding hydrogens is 192 g/mol. The van der Waals surface area contributed by atoms with Gasteiger partial charge in [-0.25, -0.2) is 0 Å². The van der Waals surface area contributed by atoms with Crippen molar-refractivity contribution in [2.24, 2.45) is 5.92 Å². The monoisotopic (exact) mass is 216 g/mol. The van der Waals surface area contributed by atoms with E-state index >= 15 is 0 Å². The maximum atomic E-state index is 10.00. The molecule has 1 heterocycles. The number of hydrogen-bond acceptors (Lipinski definition) is 3. The third-order valence-electron chi connectivity index (χ3n) is 3.33. The average molecular weight is 216 g/mol. The van der Waals surface area contributed by atoms with Crippen molar-refractivity contribution in [3.05, 3.63) is 0 Å². The van der Waals surface area contributed by atoms with Gasteiger partial charge in [0.15, 0.2) is 0 Å². The van der Waals surface area contributed by atoms with Crippen molar-refractivity contribution in [3.8, 4) is 0 Å². The highest BCUT2D eigenvalue weighted by Gasteiger charge is 2.25. The summed E-state index contributed by atoms with van der Waals surface area (Å²) in [4.78, 5) is 0. The van der Waals surface area contributed by atoms with Crippen LogP contribution in [0.15, 0.2) is 0 Å². The molecule has 90 valence electrons. The smallest absolute Gasteiger partial charge is 0.0623 e. The predicted molar refractivity (Wildman–Crippen MR) is 59.9 cm³/mol. The van der Waals surface area contributed by atoms with Gasteiger partial charge in [0.2, 0.25) is 0 Å². The number of aliphatic hydroxyl groups is 1. The highest BCUT2D eigenvalue weighted by Crippen LogP contribution is 2.24. The Labute approximate surface area is 92.8 Å². The van der Waals surface area contributed by atoms with Gasteiger partial charge in [0.1, 0.15) is 0 Å². The molecule has 0 aromatic carbocycles. The summed E-state index contributed by atoms with van der Waals surface area (Å²) >= 11 is 0. The second kappa shape index (κ2) is 5.83. The van der Waals surface area contributed by atoms with Gasteiger partial charge in [0.25, 0.3) is 0 Å². The number of hydrogen-bond donors (Lipinski definition) is 1. The summed E-state index contributed by atoms with van der Waals surface area (Å²) < 4.78 is 10.7. The molecule has 0 aromatic rings. The highest BCUT2D eigenvalue weighted by molar-refractivity contribution is 4.76. The molecule has 1 rings (SSSR count). The van der Waals surface area contributed by atoms with Crippen molar-refractivity contribution in [3.63, 3.8) is 0 Å². The lowest BCUT2D eigenvalue weighted by Gasteiger charge is -2.29. The maximum Gasteiger partial charge on any atom is 0.0623 e.